The maximum atomic E-state index is 11.2. The first-order valence-corrected chi connectivity index (χ1v) is 8.38. The molecule has 0 radical (unpaired) electrons. The van der Waals surface area contributed by atoms with Crippen molar-refractivity contribution in [2.24, 2.45) is 5.14 Å². The van der Waals surface area contributed by atoms with Crippen LogP contribution in [0.1, 0.15) is 12.0 Å². The third kappa shape index (κ3) is 4.74. The molecule has 2 N–H and O–H groups in total. The van der Waals surface area contributed by atoms with Gasteiger partial charge in [0.2, 0.25) is 10.0 Å². The molecule has 0 fully saturated rings. The van der Waals surface area contributed by atoms with E-state index in [1.54, 1.807) is 0 Å². The summed E-state index contributed by atoms with van der Waals surface area (Å²) >= 11 is 5.99. The van der Waals surface area contributed by atoms with Crippen molar-refractivity contribution < 1.29 is 13.2 Å². The van der Waals surface area contributed by atoms with E-state index >= 15 is 0 Å². The summed E-state index contributed by atoms with van der Waals surface area (Å²) in [5.74, 6) is 0.456. The van der Waals surface area contributed by atoms with Gasteiger partial charge < -0.3 is 4.74 Å². The number of hydrogen-bond acceptors (Lipinski definition) is 3. The summed E-state index contributed by atoms with van der Waals surface area (Å²) in [7, 11) is -3.74. The van der Waals surface area contributed by atoms with E-state index in [0.29, 0.717) is 12.4 Å². The zero-order valence-corrected chi connectivity index (χ0v) is 12.9. The Kier molecular flexibility index (Phi) is 5.22. The molecule has 112 valence electrons. The summed E-state index contributed by atoms with van der Waals surface area (Å²) < 4.78 is 27.9. The van der Waals surface area contributed by atoms with E-state index in [0.717, 1.165) is 12.8 Å². The lowest BCUT2D eigenvalue weighted by molar-refractivity contribution is 0.311. The highest BCUT2D eigenvalue weighted by Gasteiger charge is 2.11. The Morgan fingerprint density at radius 2 is 1.81 bits per heavy atom. The molecule has 0 unspecified atom stereocenters. The molecule has 0 saturated carbocycles. The maximum Gasteiger partial charge on any atom is 0.238 e. The molecule has 0 heterocycles. The lowest BCUT2D eigenvalue weighted by Crippen LogP contribution is -2.12. The summed E-state index contributed by atoms with van der Waals surface area (Å²) in [6, 6.07) is 14.3. The molecular formula is C15H16ClNO3S. The van der Waals surface area contributed by atoms with Crippen molar-refractivity contribution in [1.82, 2.24) is 0 Å². The van der Waals surface area contributed by atoms with Gasteiger partial charge in [-0.2, -0.15) is 0 Å². The first kappa shape index (κ1) is 15.8. The van der Waals surface area contributed by atoms with Crippen molar-refractivity contribution in [3.63, 3.8) is 0 Å². The first-order chi connectivity index (χ1) is 9.97. The fourth-order valence-corrected chi connectivity index (χ4v) is 2.72. The Balaban J connectivity index is 1.89. The van der Waals surface area contributed by atoms with Gasteiger partial charge in [0.05, 0.1) is 16.5 Å². The van der Waals surface area contributed by atoms with Crippen LogP contribution in [0.25, 0.3) is 0 Å². The second-order valence-corrected chi connectivity index (χ2v) is 6.54. The van der Waals surface area contributed by atoms with Gasteiger partial charge >= 0.3 is 0 Å². The summed E-state index contributed by atoms with van der Waals surface area (Å²) in [5.41, 5.74) is 1.25. The van der Waals surface area contributed by atoms with Crippen LogP contribution in [0.2, 0.25) is 5.02 Å². The Hall–Kier alpha value is -1.56. The van der Waals surface area contributed by atoms with Crippen LogP contribution in [-0.2, 0) is 16.4 Å². The Labute approximate surface area is 129 Å². The average Bonchev–Trinajstić information content (AvgIpc) is 2.45. The van der Waals surface area contributed by atoms with Gasteiger partial charge in [0.1, 0.15) is 5.75 Å². The van der Waals surface area contributed by atoms with Crippen molar-refractivity contribution in [1.29, 1.82) is 0 Å². The monoisotopic (exact) mass is 325 g/mol. The number of halogens is 1. The van der Waals surface area contributed by atoms with Crippen LogP contribution < -0.4 is 9.88 Å². The molecular weight excluding hydrogens is 310 g/mol. The quantitative estimate of drug-likeness (QED) is 0.830. The van der Waals surface area contributed by atoms with Crippen molar-refractivity contribution >= 4 is 21.6 Å². The average molecular weight is 326 g/mol. The van der Waals surface area contributed by atoms with Crippen LogP contribution in [0.5, 0.6) is 5.75 Å². The minimum absolute atomic E-state index is 0.0239. The molecule has 0 aromatic heterocycles. The molecule has 2 aromatic rings. The Morgan fingerprint density at radius 1 is 1.10 bits per heavy atom. The van der Waals surface area contributed by atoms with Gasteiger partial charge in [-0.3, -0.25) is 0 Å². The summed E-state index contributed by atoms with van der Waals surface area (Å²) in [5, 5.41) is 5.27. The molecule has 2 rings (SSSR count). The fourth-order valence-electron chi connectivity index (χ4n) is 1.88. The molecule has 6 heteroatoms. The molecule has 0 spiro atoms. The van der Waals surface area contributed by atoms with Gasteiger partial charge in [-0.1, -0.05) is 41.9 Å². The SMILES string of the molecule is NS(=O)(=O)c1ccc(OCCCc2ccccc2)c(Cl)c1. The normalized spacial score (nSPS) is 11.3. The van der Waals surface area contributed by atoms with E-state index in [-0.39, 0.29) is 9.92 Å². The van der Waals surface area contributed by atoms with Crippen molar-refractivity contribution in [2.75, 3.05) is 6.61 Å². The van der Waals surface area contributed by atoms with Crippen LogP contribution in [0.3, 0.4) is 0 Å². The number of ether oxygens (including phenoxy) is 1. The highest BCUT2D eigenvalue weighted by molar-refractivity contribution is 7.89. The number of rotatable bonds is 6. The minimum Gasteiger partial charge on any atom is -0.492 e. The fraction of sp³-hybridized carbons (Fsp3) is 0.200. The molecule has 0 atom stereocenters. The Morgan fingerprint density at radius 3 is 2.43 bits per heavy atom. The number of sulfonamides is 1. The van der Waals surface area contributed by atoms with Crippen LogP contribution in [0.15, 0.2) is 53.4 Å². The predicted octanol–water partition coefficient (Wildman–Crippen LogP) is 3.00. The van der Waals surface area contributed by atoms with Crippen LogP contribution >= 0.6 is 11.6 Å². The van der Waals surface area contributed by atoms with Crippen molar-refractivity contribution in [2.45, 2.75) is 17.7 Å². The lowest BCUT2D eigenvalue weighted by Gasteiger charge is -2.09. The van der Waals surface area contributed by atoms with Gasteiger partial charge in [0.25, 0.3) is 0 Å². The number of primary sulfonamides is 1. The molecule has 0 aliphatic carbocycles. The van der Waals surface area contributed by atoms with E-state index in [9.17, 15) is 8.42 Å². The zero-order chi connectivity index (χ0) is 15.3. The third-order valence-electron chi connectivity index (χ3n) is 2.94. The highest BCUT2D eigenvalue weighted by atomic mass is 35.5. The van der Waals surface area contributed by atoms with Gasteiger partial charge in [-0.05, 0) is 36.6 Å². The van der Waals surface area contributed by atoms with E-state index in [1.807, 2.05) is 18.2 Å². The predicted molar refractivity (Wildman–Crippen MR) is 83.1 cm³/mol. The summed E-state index contributed by atoms with van der Waals surface area (Å²) in [6.07, 6.45) is 1.75. The largest absolute Gasteiger partial charge is 0.492 e. The van der Waals surface area contributed by atoms with E-state index in [1.165, 1.54) is 23.8 Å². The molecule has 0 amide bonds. The van der Waals surface area contributed by atoms with Gasteiger partial charge in [0, 0.05) is 0 Å². The Bertz CT molecular complexity index is 702. The lowest BCUT2D eigenvalue weighted by atomic mass is 10.1. The third-order valence-corrected chi connectivity index (χ3v) is 4.15. The van der Waals surface area contributed by atoms with Crippen LogP contribution in [0.4, 0.5) is 0 Å². The topological polar surface area (TPSA) is 69.4 Å². The van der Waals surface area contributed by atoms with E-state index < -0.39 is 10.0 Å². The molecule has 0 bridgehead atoms. The highest BCUT2D eigenvalue weighted by Crippen LogP contribution is 2.27. The van der Waals surface area contributed by atoms with Gasteiger partial charge in [0.15, 0.2) is 0 Å². The summed E-state index contributed by atoms with van der Waals surface area (Å²) in [4.78, 5) is -0.0239. The van der Waals surface area contributed by atoms with Gasteiger partial charge in [-0.25, -0.2) is 13.6 Å². The number of benzene rings is 2. The molecule has 2 aromatic carbocycles. The standard InChI is InChI=1S/C15H16ClNO3S/c16-14-11-13(21(17,18)19)8-9-15(14)20-10-4-7-12-5-2-1-3-6-12/h1-3,5-6,8-9,11H,4,7,10H2,(H2,17,18,19). The molecule has 0 aliphatic rings. The zero-order valence-electron chi connectivity index (χ0n) is 11.3. The van der Waals surface area contributed by atoms with Gasteiger partial charge in [-0.15, -0.1) is 0 Å². The minimum atomic E-state index is -3.74. The molecule has 4 nitrogen and oxygen atoms in total. The number of nitrogens with two attached hydrogens (primary N) is 1. The second kappa shape index (κ2) is 6.93. The molecule has 0 saturated heterocycles. The van der Waals surface area contributed by atoms with Crippen LogP contribution in [0, 0.1) is 0 Å². The van der Waals surface area contributed by atoms with Crippen LogP contribution in [-0.4, -0.2) is 15.0 Å². The van der Waals surface area contributed by atoms with E-state index in [2.05, 4.69) is 12.1 Å². The second-order valence-electron chi connectivity index (χ2n) is 4.57. The van der Waals surface area contributed by atoms with E-state index in [4.69, 9.17) is 21.5 Å². The maximum absolute atomic E-state index is 11.2. The molecule has 21 heavy (non-hydrogen) atoms. The first-order valence-electron chi connectivity index (χ1n) is 6.46. The number of aryl methyl sites for hydroxylation is 1. The number of hydrogen-bond donors (Lipinski definition) is 1. The molecule has 0 aliphatic heterocycles. The van der Waals surface area contributed by atoms with Crippen molar-refractivity contribution in [3.05, 3.63) is 59.1 Å². The van der Waals surface area contributed by atoms with Crippen molar-refractivity contribution in [3.8, 4) is 5.75 Å². The summed E-state index contributed by atoms with van der Waals surface area (Å²) in [6.45, 7) is 0.503. The smallest absolute Gasteiger partial charge is 0.238 e.